The third-order valence-electron chi connectivity index (χ3n) is 5.53. The minimum atomic E-state index is 0.135. The van der Waals surface area contributed by atoms with Crippen LogP contribution in [0, 0.1) is 0 Å². The van der Waals surface area contributed by atoms with Crippen LogP contribution in [-0.4, -0.2) is 48.6 Å². The Kier molecular flexibility index (Phi) is 5.51. The fourth-order valence-electron chi connectivity index (χ4n) is 4.02. The van der Waals surface area contributed by atoms with Gasteiger partial charge in [0.25, 0.3) is 0 Å². The molecule has 2 aliphatic heterocycles. The van der Waals surface area contributed by atoms with E-state index in [9.17, 15) is 4.79 Å². The maximum absolute atomic E-state index is 12.2. The molecular weight excluding hydrogens is 348 g/mol. The Labute approximate surface area is 167 Å². The predicted molar refractivity (Wildman–Crippen MR) is 112 cm³/mol. The third-order valence-corrected chi connectivity index (χ3v) is 5.53. The molecule has 2 N–H and O–H groups in total. The van der Waals surface area contributed by atoms with Gasteiger partial charge in [-0.1, -0.05) is 54.6 Å². The maximum Gasteiger partial charge on any atom is 0.219 e. The second-order valence-corrected chi connectivity index (χ2v) is 7.47. The van der Waals surface area contributed by atoms with Crippen molar-refractivity contribution in [1.29, 1.82) is 0 Å². The van der Waals surface area contributed by atoms with E-state index < -0.39 is 0 Å². The van der Waals surface area contributed by atoms with E-state index in [2.05, 4.69) is 70.2 Å². The second kappa shape index (κ2) is 8.38. The normalized spacial score (nSPS) is 25.6. The molecule has 28 heavy (non-hydrogen) atoms. The molecule has 146 valence electrons. The van der Waals surface area contributed by atoms with Gasteiger partial charge in [0.2, 0.25) is 5.91 Å². The molecule has 1 aromatic rings. The molecular formula is C23H28N4O. The summed E-state index contributed by atoms with van der Waals surface area (Å²) in [4.78, 5) is 16.6. The summed E-state index contributed by atoms with van der Waals surface area (Å²) < 4.78 is 0. The smallest absolute Gasteiger partial charge is 0.219 e. The first-order chi connectivity index (χ1) is 13.7. The Morgan fingerprint density at radius 2 is 2.07 bits per heavy atom. The first kappa shape index (κ1) is 18.4. The van der Waals surface area contributed by atoms with Gasteiger partial charge in [-0.05, 0) is 17.6 Å². The molecule has 0 bridgehead atoms. The van der Waals surface area contributed by atoms with E-state index in [0.29, 0.717) is 6.54 Å². The van der Waals surface area contributed by atoms with Crippen molar-refractivity contribution in [2.45, 2.75) is 19.3 Å². The van der Waals surface area contributed by atoms with Gasteiger partial charge in [0, 0.05) is 50.1 Å². The Balaban J connectivity index is 1.70. The van der Waals surface area contributed by atoms with Crippen LogP contribution in [0.15, 0.2) is 77.8 Å². The van der Waals surface area contributed by atoms with E-state index in [0.717, 1.165) is 32.7 Å². The van der Waals surface area contributed by atoms with Crippen molar-refractivity contribution in [3.8, 4) is 0 Å². The molecule has 3 aliphatic rings. The van der Waals surface area contributed by atoms with Crippen LogP contribution in [0.3, 0.4) is 0 Å². The van der Waals surface area contributed by atoms with Crippen LogP contribution in [0.1, 0.15) is 24.8 Å². The highest BCUT2D eigenvalue weighted by Gasteiger charge is 2.25. The zero-order valence-electron chi connectivity index (χ0n) is 16.4. The van der Waals surface area contributed by atoms with Crippen molar-refractivity contribution in [1.82, 2.24) is 20.4 Å². The molecule has 0 spiro atoms. The lowest BCUT2D eigenvalue weighted by molar-refractivity contribution is -0.128. The van der Waals surface area contributed by atoms with Crippen LogP contribution in [0.25, 0.3) is 0 Å². The van der Waals surface area contributed by atoms with Gasteiger partial charge in [0.15, 0.2) is 0 Å². The number of nitrogens with zero attached hydrogens (tertiary/aromatic N) is 2. The molecule has 0 radical (unpaired) electrons. The van der Waals surface area contributed by atoms with Gasteiger partial charge >= 0.3 is 0 Å². The van der Waals surface area contributed by atoms with Gasteiger partial charge in [0.1, 0.15) is 0 Å². The molecule has 2 heterocycles. The van der Waals surface area contributed by atoms with E-state index in [1.807, 2.05) is 11.1 Å². The summed E-state index contributed by atoms with van der Waals surface area (Å²) in [7, 11) is 0. The summed E-state index contributed by atoms with van der Waals surface area (Å²) in [6.07, 6.45) is 12.1. The Morgan fingerprint density at radius 3 is 2.82 bits per heavy atom. The molecule has 1 atom stereocenters. The zero-order valence-corrected chi connectivity index (χ0v) is 16.4. The monoisotopic (exact) mass is 376 g/mol. The number of carbonyl (C=O) groups excluding carboxylic acids is 1. The van der Waals surface area contributed by atoms with Gasteiger partial charge in [-0.15, -0.1) is 0 Å². The summed E-state index contributed by atoms with van der Waals surface area (Å²) in [6.45, 7) is 5.52. The highest BCUT2D eigenvalue weighted by atomic mass is 16.2. The molecule has 5 nitrogen and oxygen atoms in total. The number of nitrogens with one attached hydrogen (secondary N) is 2. The Hall–Kier alpha value is -2.95. The second-order valence-electron chi connectivity index (χ2n) is 7.47. The zero-order chi connectivity index (χ0) is 19.3. The first-order valence-corrected chi connectivity index (χ1v) is 10.0. The molecule has 0 aromatic heterocycles. The maximum atomic E-state index is 12.2. The summed E-state index contributed by atoms with van der Waals surface area (Å²) in [6, 6.07) is 10.6. The summed E-state index contributed by atoms with van der Waals surface area (Å²) in [5, 5.41) is 6.60. The summed E-state index contributed by atoms with van der Waals surface area (Å²) in [5.41, 5.74) is 4.96. The Bertz CT molecular complexity index is 837. The third kappa shape index (κ3) is 4.14. The van der Waals surface area contributed by atoms with Gasteiger partial charge in [-0.25, -0.2) is 0 Å². The molecule has 5 heteroatoms. The molecule has 1 unspecified atom stereocenters. The van der Waals surface area contributed by atoms with Crippen LogP contribution in [-0.2, 0) is 4.79 Å². The number of carbonyl (C=O) groups is 1. The first-order valence-electron chi connectivity index (χ1n) is 10.0. The standard InChI is InChI=1S/C23H28N4O/c1-18(28)26-11-12-27(16-22-14-24-17-25-22)23-10-6-5-9-20(13-21(23)15-26)19-7-3-2-4-8-19/h2-5,7-10,13-14,20,24-25H,6,11-12,15-17H2,1H3/b9-5?,21-13-,23-10+. The molecule has 1 fully saturated rings. The number of hydrogen-bond acceptors (Lipinski definition) is 4. The topological polar surface area (TPSA) is 47.6 Å². The fraction of sp³-hybridized carbons (Fsp3) is 0.348. The SMILES string of the molecule is CC(=O)N1CCN(CC2=CNCN2)C2=C/CC=CC(c3ccccc3)/C=C\2C1. The van der Waals surface area contributed by atoms with Crippen molar-refractivity contribution in [2.75, 3.05) is 32.8 Å². The molecule has 1 aliphatic carbocycles. The number of fused-ring (bicyclic) bond motifs is 1. The van der Waals surface area contributed by atoms with Crippen molar-refractivity contribution >= 4 is 5.91 Å². The molecule has 1 aromatic carbocycles. The van der Waals surface area contributed by atoms with Crippen molar-refractivity contribution < 1.29 is 4.79 Å². The van der Waals surface area contributed by atoms with Crippen LogP contribution in [0.2, 0.25) is 0 Å². The minimum Gasteiger partial charge on any atom is -0.372 e. The van der Waals surface area contributed by atoms with Crippen molar-refractivity contribution in [3.63, 3.8) is 0 Å². The van der Waals surface area contributed by atoms with E-state index in [1.54, 1.807) is 6.92 Å². The number of amides is 1. The quantitative estimate of drug-likeness (QED) is 0.797. The number of rotatable bonds is 3. The van der Waals surface area contributed by atoms with Gasteiger partial charge < -0.3 is 20.4 Å². The minimum absolute atomic E-state index is 0.135. The fourth-order valence-corrected chi connectivity index (χ4v) is 4.02. The van der Waals surface area contributed by atoms with E-state index in [-0.39, 0.29) is 11.8 Å². The lowest BCUT2D eigenvalue weighted by atomic mass is 9.92. The predicted octanol–water partition coefficient (Wildman–Crippen LogP) is 2.70. The molecule has 1 saturated heterocycles. The highest BCUT2D eigenvalue weighted by molar-refractivity contribution is 5.74. The summed E-state index contributed by atoms with van der Waals surface area (Å²) in [5.74, 6) is 0.356. The largest absolute Gasteiger partial charge is 0.372 e. The highest BCUT2D eigenvalue weighted by Crippen LogP contribution is 2.29. The number of allylic oxidation sites excluding steroid dienone is 4. The van der Waals surface area contributed by atoms with Gasteiger partial charge in [-0.3, -0.25) is 4.79 Å². The van der Waals surface area contributed by atoms with Crippen LogP contribution < -0.4 is 10.6 Å². The van der Waals surface area contributed by atoms with E-state index >= 15 is 0 Å². The lowest BCUT2D eigenvalue weighted by Crippen LogP contribution is -2.34. The summed E-state index contributed by atoms with van der Waals surface area (Å²) >= 11 is 0. The molecule has 0 saturated carbocycles. The van der Waals surface area contributed by atoms with Crippen molar-refractivity contribution in [3.05, 3.63) is 83.4 Å². The van der Waals surface area contributed by atoms with Crippen LogP contribution >= 0.6 is 0 Å². The average Bonchev–Trinajstić information content (AvgIpc) is 3.13. The van der Waals surface area contributed by atoms with Crippen LogP contribution in [0.5, 0.6) is 0 Å². The average molecular weight is 377 g/mol. The number of benzene rings is 1. The lowest BCUT2D eigenvalue weighted by Gasteiger charge is -2.28. The molecule has 1 amide bonds. The van der Waals surface area contributed by atoms with Gasteiger partial charge in [-0.2, -0.15) is 0 Å². The van der Waals surface area contributed by atoms with Gasteiger partial charge in [0.05, 0.1) is 13.2 Å². The van der Waals surface area contributed by atoms with Crippen molar-refractivity contribution in [2.24, 2.45) is 0 Å². The number of hydrogen-bond donors (Lipinski definition) is 2. The Morgan fingerprint density at radius 1 is 1.21 bits per heavy atom. The van der Waals surface area contributed by atoms with E-state index in [4.69, 9.17) is 0 Å². The van der Waals surface area contributed by atoms with Crippen LogP contribution in [0.4, 0.5) is 0 Å². The van der Waals surface area contributed by atoms with E-state index in [1.165, 1.54) is 22.5 Å². The molecule has 4 rings (SSSR count).